The Kier molecular flexibility index (Phi) is 5.84. The van der Waals surface area contributed by atoms with Crippen molar-refractivity contribution in [1.29, 1.82) is 0 Å². The van der Waals surface area contributed by atoms with E-state index in [4.69, 9.17) is 0 Å². The summed E-state index contributed by atoms with van der Waals surface area (Å²) in [4.78, 5) is 33.3. The van der Waals surface area contributed by atoms with E-state index in [1.807, 2.05) is 18.2 Å². The SMILES string of the molecule is O=C1CCN(C(=O)c2cccc(-c3ccccc3F)c2)CCN1Cc1ccccn1. The van der Waals surface area contributed by atoms with Gasteiger partial charge in [0, 0.05) is 43.4 Å². The fourth-order valence-corrected chi connectivity index (χ4v) is 3.62. The number of hydrogen-bond donors (Lipinski definition) is 0. The summed E-state index contributed by atoms with van der Waals surface area (Å²) in [7, 11) is 0. The number of benzene rings is 2. The summed E-state index contributed by atoms with van der Waals surface area (Å²) in [5.74, 6) is -0.468. The van der Waals surface area contributed by atoms with Gasteiger partial charge in [0.05, 0.1) is 12.2 Å². The lowest BCUT2D eigenvalue weighted by Gasteiger charge is -2.22. The van der Waals surface area contributed by atoms with Gasteiger partial charge in [0.25, 0.3) is 5.91 Å². The first-order chi connectivity index (χ1) is 14.6. The highest BCUT2D eigenvalue weighted by Gasteiger charge is 2.25. The normalized spacial score (nSPS) is 14.5. The lowest BCUT2D eigenvalue weighted by molar-refractivity contribution is -0.131. The Labute approximate surface area is 174 Å². The standard InChI is InChI=1S/C24H22FN3O2/c25-22-10-2-1-9-21(22)18-6-5-7-19(16-18)24(30)27-13-11-23(29)28(15-14-27)17-20-8-3-4-12-26-20/h1-10,12,16H,11,13-15,17H2. The Bertz CT molecular complexity index is 1060. The molecule has 0 atom stereocenters. The quantitative estimate of drug-likeness (QED) is 0.667. The zero-order valence-electron chi connectivity index (χ0n) is 16.5. The minimum atomic E-state index is -0.326. The molecule has 0 saturated carbocycles. The minimum Gasteiger partial charge on any atom is -0.336 e. The van der Waals surface area contributed by atoms with Crippen LogP contribution in [0.15, 0.2) is 72.9 Å². The maximum atomic E-state index is 14.1. The van der Waals surface area contributed by atoms with Gasteiger partial charge in [-0.15, -0.1) is 0 Å². The third-order valence-corrected chi connectivity index (χ3v) is 5.25. The van der Waals surface area contributed by atoms with Gasteiger partial charge in [0.2, 0.25) is 5.91 Å². The molecule has 1 fully saturated rings. The van der Waals surface area contributed by atoms with E-state index < -0.39 is 0 Å². The third-order valence-electron chi connectivity index (χ3n) is 5.25. The Balaban J connectivity index is 1.48. The summed E-state index contributed by atoms with van der Waals surface area (Å²) in [5, 5.41) is 0. The molecule has 1 saturated heterocycles. The summed E-state index contributed by atoms with van der Waals surface area (Å²) in [6.45, 7) is 1.69. The summed E-state index contributed by atoms with van der Waals surface area (Å²) in [5.41, 5.74) is 2.42. The molecule has 1 aliphatic rings. The number of nitrogens with zero attached hydrogens (tertiary/aromatic N) is 3. The number of carbonyl (C=O) groups excluding carboxylic acids is 2. The predicted molar refractivity (Wildman–Crippen MR) is 112 cm³/mol. The fourth-order valence-electron chi connectivity index (χ4n) is 3.62. The second-order valence-electron chi connectivity index (χ2n) is 7.24. The molecule has 0 N–H and O–H groups in total. The molecule has 0 aliphatic carbocycles. The molecule has 5 nitrogen and oxygen atoms in total. The molecule has 2 amide bonds. The Morgan fingerprint density at radius 3 is 2.60 bits per heavy atom. The number of rotatable bonds is 4. The van der Waals surface area contributed by atoms with Crippen molar-refractivity contribution in [3.8, 4) is 11.1 Å². The van der Waals surface area contributed by atoms with Crippen LogP contribution in [0, 0.1) is 5.82 Å². The molecule has 4 rings (SSSR count). The van der Waals surface area contributed by atoms with Crippen LogP contribution in [0.5, 0.6) is 0 Å². The molecule has 1 aliphatic heterocycles. The first-order valence-electron chi connectivity index (χ1n) is 9.94. The van der Waals surface area contributed by atoms with Crippen LogP contribution in [0.4, 0.5) is 4.39 Å². The van der Waals surface area contributed by atoms with E-state index in [0.717, 1.165) is 5.69 Å². The van der Waals surface area contributed by atoms with Gasteiger partial charge in [-0.3, -0.25) is 14.6 Å². The van der Waals surface area contributed by atoms with Crippen molar-refractivity contribution in [2.24, 2.45) is 0 Å². The molecule has 1 aromatic heterocycles. The first-order valence-corrected chi connectivity index (χ1v) is 9.94. The molecule has 6 heteroatoms. The van der Waals surface area contributed by atoms with Gasteiger partial charge < -0.3 is 9.80 Å². The monoisotopic (exact) mass is 403 g/mol. The van der Waals surface area contributed by atoms with Gasteiger partial charge in [-0.1, -0.05) is 36.4 Å². The second kappa shape index (κ2) is 8.86. The van der Waals surface area contributed by atoms with Gasteiger partial charge >= 0.3 is 0 Å². The highest BCUT2D eigenvalue weighted by atomic mass is 19.1. The molecule has 0 unspecified atom stereocenters. The zero-order chi connectivity index (χ0) is 20.9. The highest BCUT2D eigenvalue weighted by Crippen LogP contribution is 2.24. The molecule has 30 heavy (non-hydrogen) atoms. The minimum absolute atomic E-state index is 0.0102. The average Bonchev–Trinajstić information content (AvgIpc) is 2.96. The molecule has 2 aromatic carbocycles. The molecule has 0 radical (unpaired) electrons. The Hall–Kier alpha value is -3.54. The van der Waals surface area contributed by atoms with Crippen LogP contribution in [0.2, 0.25) is 0 Å². The summed E-state index contributed by atoms with van der Waals surface area (Å²) in [6, 6.07) is 19.1. The molecule has 0 bridgehead atoms. The van der Waals surface area contributed by atoms with Gasteiger partial charge in [-0.25, -0.2) is 4.39 Å². The number of carbonyl (C=O) groups is 2. The Morgan fingerprint density at radius 1 is 0.967 bits per heavy atom. The van der Waals surface area contributed by atoms with Gasteiger partial charge in [-0.05, 0) is 35.9 Å². The van der Waals surface area contributed by atoms with Gasteiger partial charge in [-0.2, -0.15) is 0 Å². The van der Waals surface area contributed by atoms with Crippen molar-refractivity contribution < 1.29 is 14.0 Å². The zero-order valence-corrected chi connectivity index (χ0v) is 16.5. The summed E-state index contributed by atoms with van der Waals surface area (Å²) >= 11 is 0. The van der Waals surface area contributed by atoms with Crippen LogP contribution in [0.25, 0.3) is 11.1 Å². The highest BCUT2D eigenvalue weighted by molar-refractivity contribution is 5.96. The summed E-state index contributed by atoms with van der Waals surface area (Å²) < 4.78 is 14.1. The van der Waals surface area contributed by atoms with E-state index in [2.05, 4.69) is 4.98 Å². The third kappa shape index (κ3) is 4.38. The van der Waals surface area contributed by atoms with Crippen molar-refractivity contribution in [3.05, 3.63) is 90.0 Å². The van der Waals surface area contributed by atoms with E-state index in [9.17, 15) is 14.0 Å². The lowest BCUT2D eigenvalue weighted by Crippen LogP contribution is -2.35. The maximum absolute atomic E-state index is 14.1. The van der Waals surface area contributed by atoms with E-state index in [1.165, 1.54) is 6.07 Å². The van der Waals surface area contributed by atoms with Crippen LogP contribution in [-0.4, -0.2) is 46.2 Å². The van der Waals surface area contributed by atoms with Gasteiger partial charge in [0.1, 0.15) is 5.82 Å². The van der Waals surface area contributed by atoms with E-state index in [0.29, 0.717) is 42.9 Å². The molecular formula is C24H22FN3O2. The van der Waals surface area contributed by atoms with Crippen LogP contribution in [0.3, 0.4) is 0 Å². The van der Waals surface area contributed by atoms with Crippen molar-refractivity contribution in [1.82, 2.24) is 14.8 Å². The fraction of sp³-hybridized carbons (Fsp3) is 0.208. The van der Waals surface area contributed by atoms with Crippen LogP contribution < -0.4 is 0 Å². The van der Waals surface area contributed by atoms with Crippen molar-refractivity contribution >= 4 is 11.8 Å². The molecule has 0 spiro atoms. The number of hydrogen-bond acceptors (Lipinski definition) is 3. The van der Waals surface area contributed by atoms with E-state index in [-0.39, 0.29) is 24.1 Å². The summed E-state index contributed by atoms with van der Waals surface area (Å²) in [6.07, 6.45) is 1.97. The van der Waals surface area contributed by atoms with Crippen molar-refractivity contribution in [2.75, 3.05) is 19.6 Å². The Morgan fingerprint density at radius 2 is 1.80 bits per heavy atom. The number of halogens is 1. The average molecular weight is 403 g/mol. The predicted octanol–water partition coefficient (Wildman–Crippen LogP) is 3.76. The molecule has 3 aromatic rings. The molecule has 2 heterocycles. The maximum Gasteiger partial charge on any atom is 0.253 e. The number of amides is 2. The second-order valence-corrected chi connectivity index (χ2v) is 7.24. The first kappa shape index (κ1) is 19.8. The largest absolute Gasteiger partial charge is 0.336 e. The number of aromatic nitrogens is 1. The van der Waals surface area contributed by atoms with Crippen LogP contribution in [0.1, 0.15) is 22.5 Å². The lowest BCUT2D eigenvalue weighted by atomic mass is 10.0. The van der Waals surface area contributed by atoms with Crippen molar-refractivity contribution in [3.63, 3.8) is 0 Å². The topological polar surface area (TPSA) is 53.5 Å². The van der Waals surface area contributed by atoms with E-state index in [1.54, 1.807) is 58.5 Å². The van der Waals surface area contributed by atoms with Crippen LogP contribution in [-0.2, 0) is 11.3 Å². The van der Waals surface area contributed by atoms with E-state index >= 15 is 0 Å². The van der Waals surface area contributed by atoms with Crippen molar-refractivity contribution in [2.45, 2.75) is 13.0 Å². The molecular weight excluding hydrogens is 381 g/mol. The smallest absolute Gasteiger partial charge is 0.253 e. The van der Waals surface area contributed by atoms with Gasteiger partial charge in [0.15, 0.2) is 0 Å². The number of pyridine rings is 1. The van der Waals surface area contributed by atoms with Crippen LogP contribution >= 0.6 is 0 Å². The molecule has 152 valence electrons.